The molecule has 0 spiro atoms. The number of aryl methyl sites for hydroxylation is 1. The van der Waals surface area contributed by atoms with Crippen LogP contribution in [-0.2, 0) is 0 Å². The maximum atomic E-state index is 13.7. The van der Waals surface area contributed by atoms with E-state index in [9.17, 15) is 14.3 Å². The summed E-state index contributed by atoms with van der Waals surface area (Å²) in [5, 5.41) is 12.3. The number of rotatable bonds is 4. The van der Waals surface area contributed by atoms with E-state index in [1.165, 1.54) is 30.3 Å². The molecule has 2 aromatic rings. The molecule has 4 nitrogen and oxygen atoms in total. The highest BCUT2D eigenvalue weighted by Gasteiger charge is 2.12. The third kappa shape index (κ3) is 3.51. The summed E-state index contributed by atoms with van der Waals surface area (Å²) in [5.74, 6) is -1.04. The van der Waals surface area contributed by atoms with Gasteiger partial charge in [0.1, 0.15) is 5.75 Å². The monoisotopic (exact) mass is 289 g/mol. The van der Waals surface area contributed by atoms with Crippen molar-refractivity contribution in [2.45, 2.75) is 13.8 Å². The van der Waals surface area contributed by atoms with Gasteiger partial charge in [0.25, 0.3) is 5.91 Å². The molecule has 1 amide bonds. The van der Waals surface area contributed by atoms with Crippen molar-refractivity contribution in [1.29, 1.82) is 0 Å². The molecule has 0 fully saturated rings. The largest absolute Gasteiger partial charge is 0.507 e. The minimum atomic E-state index is -0.553. The second-order valence-corrected chi connectivity index (χ2v) is 4.55. The summed E-state index contributed by atoms with van der Waals surface area (Å²) in [6, 6.07) is 8.89. The van der Waals surface area contributed by atoms with E-state index in [0.717, 1.165) is 5.56 Å². The highest BCUT2D eigenvalue weighted by Crippen LogP contribution is 2.23. The number of aromatic hydroxyl groups is 1. The molecule has 0 aromatic heterocycles. The number of carbonyl (C=O) groups excluding carboxylic acids is 1. The summed E-state index contributed by atoms with van der Waals surface area (Å²) in [7, 11) is 0. The molecule has 2 rings (SSSR count). The summed E-state index contributed by atoms with van der Waals surface area (Å²) in [5.41, 5.74) is 1.27. The molecule has 5 heteroatoms. The quantitative estimate of drug-likeness (QED) is 0.905. The van der Waals surface area contributed by atoms with Gasteiger partial charge in [-0.1, -0.05) is 6.07 Å². The van der Waals surface area contributed by atoms with Gasteiger partial charge < -0.3 is 15.2 Å². The van der Waals surface area contributed by atoms with Crippen LogP contribution in [0.1, 0.15) is 22.8 Å². The molecule has 0 atom stereocenters. The average molecular weight is 289 g/mol. The minimum Gasteiger partial charge on any atom is -0.507 e. The van der Waals surface area contributed by atoms with E-state index in [0.29, 0.717) is 12.3 Å². The van der Waals surface area contributed by atoms with Crippen LogP contribution in [0.2, 0.25) is 0 Å². The van der Waals surface area contributed by atoms with E-state index < -0.39 is 11.7 Å². The topological polar surface area (TPSA) is 58.6 Å². The molecule has 0 radical (unpaired) electrons. The van der Waals surface area contributed by atoms with Gasteiger partial charge in [-0.05, 0) is 43.7 Å². The number of hydrogen-bond acceptors (Lipinski definition) is 3. The molecule has 2 N–H and O–H groups in total. The first-order valence-corrected chi connectivity index (χ1v) is 6.54. The van der Waals surface area contributed by atoms with Gasteiger partial charge >= 0.3 is 0 Å². The van der Waals surface area contributed by atoms with Crippen molar-refractivity contribution in [1.82, 2.24) is 0 Å². The van der Waals surface area contributed by atoms with Crippen molar-refractivity contribution < 1.29 is 19.0 Å². The zero-order chi connectivity index (χ0) is 15.4. The number of halogens is 1. The van der Waals surface area contributed by atoms with Crippen molar-refractivity contribution >= 4 is 11.6 Å². The summed E-state index contributed by atoms with van der Waals surface area (Å²) in [6.45, 7) is 3.93. The SMILES string of the molecule is CCOc1ccc(NC(=O)c2ccc(C)cc2O)cc1F. The van der Waals surface area contributed by atoms with Gasteiger partial charge in [-0.15, -0.1) is 0 Å². The normalized spacial score (nSPS) is 10.2. The lowest BCUT2D eigenvalue weighted by atomic mass is 10.1. The summed E-state index contributed by atoms with van der Waals surface area (Å²) in [6.07, 6.45) is 0. The van der Waals surface area contributed by atoms with Gasteiger partial charge in [0.05, 0.1) is 12.2 Å². The maximum absolute atomic E-state index is 13.7. The fraction of sp³-hybridized carbons (Fsp3) is 0.188. The van der Waals surface area contributed by atoms with Crippen LogP contribution in [0, 0.1) is 12.7 Å². The predicted octanol–water partition coefficient (Wildman–Crippen LogP) is 3.49. The fourth-order valence-electron chi connectivity index (χ4n) is 1.88. The molecule has 21 heavy (non-hydrogen) atoms. The van der Waals surface area contributed by atoms with Crippen LogP contribution in [0.3, 0.4) is 0 Å². The number of ether oxygens (including phenoxy) is 1. The Morgan fingerprint density at radius 2 is 2.05 bits per heavy atom. The predicted molar refractivity (Wildman–Crippen MR) is 78.4 cm³/mol. The van der Waals surface area contributed by atoms with Crippen molar-refractivity contribution in [3.63, 3.8) is 0 Å². The number of carbonyl (C=O) groups is 1. The van der Waals surface area contributed by atoms with Crippen molar-refractivity contribution in [3.8, 4) is 11.5 Å². The molecule has 110 valence electrons. The molecule has 2 aromatic carbocycles. The van der Waals surface area contributed by atoms with Crippen LogP contribution in [0.15, 0.2) is 36.4 Å². The Labute approximate surface area is 122 Å². The van der Waals surface area contributed by atoms with Crippen LogP contribution in [0.4, 0.5) is 10.1 Å². The van der Waals surface area contributed by atoms with Gasteiger partial charge in [0.15, 0.2) is 11.6 Å². The highest BCUT2D eigenvalue weighted by atomic mass is 19.1. The maximum Gasteiger partial charge on any atom is 0.259 e. The van der Waals surface area contributed by atoms with Gasteiger partial charge in [-0.25, -0.2) is 4.39 Å². The summed E-state index contributed by atoms with van der Waals surface area (Å²) >= 11 is 0. The first-order valence-electron chi connectivity index (χ1n) is 6.54. The molecule has 0 unspecified atom stereocenters. The Balaban J connectivity index is 2.17. The average Bonchev–Trinajstić information content (AvgIpc) is 2.41. The Morgan fingerprint density at radius 3 is 2.67 bits per heavy atom. The fourth-order valence-corrected chi connectivity index (χ4v) is 1.88. The summed E-state index contributed by atoms with van der Waals surface area (Å²) < 4.78 is 18.8. The van der Waals surface area contributed by atoms with E-state index in [1.54, 1.807) is 13.0 Å². The molecule has 0 saturated heterocycles. The molecular weight excluding hydrogens is 273 g/mol. The first-order chi connectivity index (χ1) is 10.0. The number of nitrogens with one attached hydrogen (secondary N) is 1. The number of hydrogen-bond donors (Lipinski definition) is 2. The van der Waals surface area contributed by atoms with Gasteiger partial charge in [-0.3, -0.25) is 4.79 Å². The third-order valence-electron chi connectivity index (χ3n) is 2.89. The van der Waals surface area contributed by atoms with E-state index in [1.807, 2.05) is 6.92 Å². The lowest BCUT2D eigenvalue weighted by molar-refractivity contribution is 0.102. The third-order valence-corrected chi connectivity index (χ3v) is 2.89. The van der Waals surface area contributed by atoms with Crippen LogP contribution in [-0.4, -0.2) is 17.6 Å². The standard InChI is InChI=1S/C16H16FNO3/c1-3-21-15-7-5-11(9-13(15)17)18-16(20)12-6-4-10(2)8-14(12)19/h4-9,19H,3H2,1-2H3,(H,18,20). The molecule has 0 heterocycles. The van der Waals surface area contributed by atoms with Crippen LogP contribution in [0.5, 0.6) is 11.5 Å². The Morgan fingerprint density at radius 1 is 1.29 bits per heavy atom. The molecule has 0 bridgehead atoms. The number of anilines is 1. The molecule has 0 saturated carbocycles. The second-order valence-electron chi connectivity index (χ2n) is 4.55. The lowest BCUT2D eigenvalue weighted by Gasteiger charge is -2.09. The zero-order valence-electron chi connectivity index (χ0n) is 11.8. The lowest BCUT2D eigenvalue weighted by Crippen LogP contribution is -2.12. The molecular formula is C16H16FNO3. The van der Waals surface area contributed by atoms with E-state index in [-0.39, 0.29) is 17.1 Å². The summed E-state index contributed by atoms with van der Waals surface area (Å²) in [4.78, 5) is 12.0. The number of phenolic OH excluding ortho intramolecular Hbond substituents is 1. The second kappa shape index (κ2) is 6.26. The molecule has 0 aliphatic heterocycles. The molecule has 0 aliphatic carbocycles. The Bertz CT molecular complexity index is 671. The number of amides is 1. The van der Waals surface area contributed by atoms with Crippen molar-refractivity contribution in [2.75, 3.05) is 11.9 Å². The van der Waals surface area contributed by atoms with Gasteiger partial charge in [0, 0.05) is 11.8 Å². The highest BCUT2D eigenvalue weighted by molar-refractivity contribution is 6.06. The van der Waals surface area contributed by atoms with Crippen LogP contribution < -0.4 is 10.1 Å². The Hall–Kier alpha value is -2.56. The van der Waals surface area contributed by atoms with Gasteiger partial charge in [0.2, 0.25) is 0 Å². The van der Waals surface area contributed by atoms with Crippen LogP contribution >= 0.6 is 0 Å². The number of benzene rings is 2. The van der Waals surface area contributed by atoms with E-state index in [4.69, 9.17) is 4.74 Å². The van der Waals surface area contributed by atoms with Gasteiger partial charge in [-0.2, -0.15) is 0 Å². The van der Waals surface area contributed by atoms with Crippen molar-refractivity contribution in [2.24, 2.45) is 0 Å². The number of phenols is 1. The minimum absolute atomic E-state index is 0.112. The zero-order valence-corrected chi connectivity index (χ0v) is 11.8. The smallest absolute Gasteiger partial charge is 0.259 e. The van der Waals surface area contributed by atoms with E-state index >= 15 is 0 Å². The first kappa shape index (κ1) is 14.8. The van der Waals surface area contributed by atoms with E-state index in [2.05, 4.69) is 5.32 Å². The Kier molecular flexibility index (Phi) is 4.42. The van der Waals surface area contributed by atoms with Crippen LogP contribution in [0.25, 0.3) is 0 Å². The molecule has 0 aliphatic rings. The van der Waals surface area contributed by atoms with Crippen molar-refractivity contribution in [3.05, 3.63) is 53.3 Å².